The molecule has 5 atom stereocenters. The van der Waals surface area contributed by atoms with E-state index >= 15 is 0 Å². The lowest BCUT2D eigenvalue weighted by atomic mass is 10.1. The van der Waals surface area contributed by atoms with Gasteiger partial charge in [0.15, 0.2) is 12.2 Å². The number of unbranched alkanes of at least 4 members (excludes halogenated alkanes) is 28. The largest absolute Gasteiger partial charge is 0.472 e. The van der Waals surface area contributed by atoms with Crippen molar-refractivity contribution in [3.63, 3.8) is 0 Å². The molecule has 0 bridgehead atoms. The second kappa shape index (κ2) is 80.0. The summed E-state index contributed by atoms with van der Waals surface area (Å²) < 4.78 is 68.7. The van der Waals surface area contributed by atoms with Crippen molar-refractivity contribution in [2.75, 3.05) is 39.6 Å². The Morgan fingerprint density at radius 2 is 0.481 bits per heavy atom. The number of carbonyl (C=O) groups excluding carboxylic acids is 4. The monoisotopic (exact) mass is 1550 g/mol. The lowest BCUT2D eigenvalue weighted by Gasteiger charge is -2.21. The standard InChI is InChI=1S/C89H150O17P2/c1-5-9-13-17-21-25-29-33-37-39-41-43-47-50-54-58-62-66-70-74-87(92)100-80-85(106-89(94)76-72-68-64-60-56-52-48-44-42-40-38-34-30-26-22-18-14-10-6-2)82-104-108(97,98)102-78-83(90)77-101-107(95,96)103-81-84(105-88(93)75-71-67-63-59-55-51-46-36-32-28-24-20-16-12-8-4)79-99-86(91)73-69-65-61-57-53-49-45-35-31-27-23-19-15-11-7-3/h11,15,21-28,33-38,41-46,53,57,83-85,90H,5-10,12-14,16-20,29-32,39-40,47-52,54-56,58-82H2,1-4H3,(H,95,96)(H,97,98)/b15-11-,25-21-,26-22-,27-23-,28-24-,37-33-,38-34-,43-41-,44-42-,45-35-,46-36-,57-53-. The number of esters is 4. The van der Waals surface area contributed by atoms with Gasteiger partial charge in [0.25, 0.3) is 0 Å². The Labute approximate surface area is 656 Å². The average molecular weight is 1550 g/mol. The summed E-state index contributed by atoms with van der Waals surface area (Å²) in [5, 5.41) is 10.7. The number of hydrogen-bond acceptors (Lipinski definition) is 15. The highest BCUT2D eigenvalue weighted by molar-refractivity contribution is 7.47. The van der Waals surface area contributed by atoms with Crippen LogP contribution in [0, 0.1) is 0 Å². The molecule has 0 saturated carbocycles. The minimum Gasteiger partial charge on any atom is -0.462 e. The van der Waals surface area contributed by atoms with Gasteiger partial charge in [0.1, 0.15) is 19.3 Å². The van der Waals surface area contributed by atoms with Crippen LogP contribution in [0.2, 0.25) is 0 Å². The third-order valence-corrected chi connectivity index (χ3v) is 19.2. The van der Waals surface area contributed by atoms with E-state index in [1.54, 1.807) is 0 Å². The fourth-order valence-corrected chi connectivity index (χ4v) is 12.4. The summed E-state index contributed by atoms with van der Waals surface area (Å²) in [6, 6.07) is 0. The second-order valence-corrected chi connectivity index (χ2v) is 30.6. The summed E-state index contributed by atoms with van der Waals surface area (Å²) in [5.74, 6) is -2.26. The smallest absolute Gasteiger partial charge is 0.462 e. The Kier molecular flexibility index (Phi) is 76.3. The summed E-state index contributed by atoms with van der Waals surface area (Å²) >= 11 is 0. The van der Waals surface area contributed by atoms with Crippen LogP contribution in [-0.2, 0) is 65.4 Å². The number of hydrogen-bond donors (Lipinski definition) is 3. The number of phosphoric acid groups is 2. The van der Waals surface area contributed by atoms with Crippen LogP contribution in [0.4, 0.5) is 0 Å². The Morgan fingerprint density at radius 1 is 0.269 bits per heavy atom. The molecule has 0 amide bonds. The molecule has 0 aromatic heterocycles. The molecule has 0 aliphatic carbocycles. The van der Waals surface area contributed by atoms with Crippen molar-refractivity contribution in [1.29, 1.82) is 0 Å². The molecule has 618 valence electrons. The molecule has 19 heteroatoms. The molecule has 0 aliphatic rings. The predicted molar refractivity (Wildman–Crippen MR) is 445 cm³/mol. The van der Waals surface area contributed by atoms with E-state index in [4.69, 9.17) is 37.0 Å². The number of aliphatic hydroxyl groups is 1. The molecule has 0 aliphatic heterocycles. The molecule has 0 fully saturated rings. The van der Waals surface area contributed by atoms with E-state index < -0.39 is 97.5 Å². The third kappa shape index (κ3) is 79.0. The zero-order valence-corrected chi connectivity index (χ0v) is 69.5. The fraction of sp³-hybridized carbons (Fsp3) is 0.685. The molecule has 3 N–H and O–H groups in total. The second-order valence-electron chi connectivity index (χ2n) is 27.7. The quantitative estimate of drug-likeness (QED) is 0.0169. The number of aliphatic hydroxyl groups excluding tert-OH is 1. The third-order valence-electron chi connectivity index (χ3n) is 17.3. The number of carbonyl (C=O) groups is 4. The van der Waals surface area contributed by atoms with Crippen LogP contribution >= 0.6 is 15.6 Å². The lowest BCUT2D eigenvalue weighted by Crippen LogP contribution is -2.30. The van der Waals surface area contributed by atoms with Crippen molar-refractivity contribution in [3.05, 3.63) is 146 Å². The molecule has 0 radical (unpaired) electrons. The minimum absolute atomic E-state index is 0.0658. The summed E-state index contributed by atoms with van der Waals surface area (Å²) in [6.45, 7) is 4.61. The van der Waals surface area contributed by atoms with Gasteiger partial charge in [-0.1, -0.05) is 283 Å². The molecule has 0 aromatic carbocycles. The van der Waals surface area contributed by atoms with E-state index in [2.05, 4.69) is 174 Å². The van der Waals surface area contributed by atoms with Gasteiger partial charge in [0.05, 0.1) is 26.4 Å². The van der Waals surface area contributed by atoms with Crippen LogP contribution in [0.15, 0.2) is 146 Å². The molecule has 5 unspecified atom stereocenters. The van der Waals surface area contributed by atoms with Gasteiger partial charge in [-0.05, 0) is 173 Å². The molecule has 0 aromatic rings. The van der Waals surface area contributed by atoms with Crippen LogP contribution in [0.5, 0.6) is 0 Å². The van der Waals surface area contributed by atoms with Crippen molar-refractivity contribution in [3.8, 4) is 0 Å². The molecule has 0 saturated heterocycles. The van der Waals surface area contributed by atoms with E-state index in [-0.39, 0.29) is 25.7 Å². The Hall–Kier alpha value is -5.06. The van der Waals surface area contributed by atoms with E-state index in [1.807, 2.05) is 0 Å². The van der Waals surface area contributed by atoms with Crippen molar-refractivity contribution < 1.29 is 80.2 Å². The van der Waals surface area contributed by atoms with Gasteiger partial charge in [-0.2, -0.15) is 0 Å². The fourth-order valence-electron chi connectivity index (χ4n) is 10.8. The summed E-state index contributed by atoms with van der Waals surface area (Å²) in [7, 11) is -10.00. The molecular weight excluding hydrogens is 1400 g/mol. The maximum atomic E-state index is 13.1. The first-order valence-corrected chi connectivity index (χ1v) is 45.1. The van der Waals surface area contributed by atoms with E-state index in [1.165, 1.54) is 57.8 Å². The molecular formula is C89H150O17P2. The SMILES string of the molecule is CC/C=C\C/C=C\C/C=C\C/C=C\CCCCC(=O)OCC(COP(=O)(O)OCC(O)COP(=O)(O)OCC(COC(=O)CCCCCCCC/C=C\C/C=C\C/C=C\CCCCC)OC(=O)CCCCCCCC/C=C\C/C=C\C/C=C\CCCCC)OC(=O)CCCCCCC/C=C\C/C=C\CCCCC. The number of phosphoric ester groups is 2. The van der Waals surface area contributed by atoms with E-state index in [9.17, 15) is 43.2 Å². The van der Waals surface area contributed by atoms with Gasteiger partial charge >= 0.3 is 39.5 Å². The van der Waals surface area contributed by atoms with Crippen LogP contribution in [0.1, 0.15) is 336 Å². The Bertz CT molecular complexity index is 2610. The van der Waals surface area contributed by atoms with Crippen LogP contribution in [0.25, 0.3) is 0 Å². The topological polar surface area (TPSA) is 237 Å². The maximum Gasteiger partial charge on any atom is 0.472 e. The highest BCUT2D eigenvalue weighted by atomic mass is 31.2. The first kappa shape index (κ1) is 103. The molecule has 0 spiro atoms. The summed E-state index contributed by atoms with van der Waals surface area (Å²) in [4.78, 5) is 73.2. The zero-order chi connectivity index (χ0) is 78.9. The number of rotatable bonds is 78. The molecule has 108 heavy (non-hydrogen) atoms. The minimum atomic E-state index is -5.00. The van der Waals surface area contributed by atoms with Gasteiger partial charge in [0, 0.05) is 25.7 Å². The van der Waals surface area contributed by atoms with Crippen LogP contribution in [-0.4, -0.2) is 96.7 Å². The number of ether oxygens (including phenoxy) is 4. The first-order valence-electron chi connectivity index (χ1n) is 42.1. The van der Waals surface area contributed by atoms with Gasteiger partial charge in [-0.15, -0.1) is 0 Å². The van der Waals surface area contributed by atoms with E-state index in [0.29, 0.717) is 25.7 Å². The summed E-state index contributed by atoms with van der Waals surface area (Å²) in [5.41, 5.74) is 0. The predicted octanol–water partition coefficient (Wildman–Crippen LogP) is 25.0. The van der Waals surface area contributed by atoms with Gasteiger partial charge < -0.3 is 33.8 Å². The normalized spacial score (nSPS) is 14.5. The van der Waals surface area contributed by atoms with Gasteiger partial charge in [0.2, 0.25) is 0 Å². The van der Waals surface area contributed by atoms with Crippen LogP contribution < -0.4 is 0 Å². The van der Waals surface area contributed by atoms with E-state index in [0.717, 1.165) is 199 Å². The molecule has 0 heterocycles. The lowest BCUT2D eigenvalue weighted by molar-refractivity contribution is -0.161. The summed E-state index contributed by atoms with van der Waals surface area (Å²) in [6.07, 6.45) is 92.4. The number of allylic oxidation sites excluding steroid dienone is 24. The van der Waals surface area contributed by atoms with Gasteiger partial charge in [-0.3, -0.25) is 37.3 Å². The highest BCUT2D eigenvalue weighted by Gasteiger charge is 2.30. The van der Waals surface area contributed by atoms with Crippen molar-refractivity contribution >= 4 is 39.5 Å². The van der Waals surface area contributed by atoms with Crippen molar-refractivity contribution in [2.45, 2.75) is 354 Å². The molecule has 17 nitrogen and oxygen atoms in total. The van der Waals surface area contributed by atoms with Crippen LogP contribution in [0.3, 0.4) is 0 Å². The maximum absolute atomic E-state index is 13.1. The van der Waals surface area contributed by atoms with Crippen molar-refractivity contribution in [1.82, 2.24) is 0 Å². The average Bonchev–Trinajstić information content (AvgIpc) is 0.899. The Balaban J connectivity index is 5.45. The molecule has 0 rings (SSSR count). The van der Waals surface area contributed by atoms with Crippen molar-refractivity contribution in [2.24, 2.45) is 0 Å². The first-order chi connectivity index (χ1) is 52.7. The zero-order valence-electron chi connectivity index (χ0n) is 67.7. The Morgan fingerprint density at radius 3 is 0.759 bits per heavy atom. The van der Waals surface area contributed by atoms with Gasteiger partial charge in [-0.25, -0.2) is 9.13 Å². The highest BCUT2D eigenvalue weighted by Crippen LogP contribution is 2.45.